The Morgan fingerprint density at radius 1 is 1.33 bits per heavy atom. The van der Waals surface area contributed by atoms with Gasteiger partial charge in [0.2, 0.25) is 0 Å². The summed E-state index contributed by atoms with van der Waals surface area (Å²) < 4.78 is 10.9. The van der Waals surface area contributed by atoms with Crippen molar-refractivity contribution < 1.29 is 9.47 Å². The van der Waals surface area contributed by atoms with Crippen molar-refractivity contribution in [2.45, 2.75) is 18.9 Å². The van der Waals surface area contributed by atoms with Gasteiger partial charge in [0.25, 0.3) is 0 Å². The Hall–Kier alpha value is -1.26. The van der Waals surface area contributed by atoms with Gasteiger partial charge in [0.15, 0.2) is 11.5 Å². The Kier molecular flexibility index (Phi) is 4.09. The molecule has 1 aromatic rings. The van der Waals surface area contributed by atoms with Gasteiger partial charge in [-0.25, -0.2) is 0 Å². The van der Waals surface area contributed by atoms with Gasteiger partial charge in [-0.2, -0.15) is 0 Å². The van der Waals surface area contributed by atoms with Gasteiger partial charge in [-0.05, 0) is 31.7 Å². The van der Waals surface area contributed by atoms with E-state index in [4.69, 9.17) is 15.2 Å². The molecule has 1 aliphatic heterocycles. The van der Waals surface area contributed by atoms with Crippen molar-refractivity contribution in [1.82, 2.24) is 4.90 Å². The topological polar surface area (TPSA) is 47.7 Å². The fourth-order valence-electron chi connectivity index (χ4n) is 2.58. The molecule has 0 aliphatic carbocycles. The summed E-state index contributed by atoms with van der Waals surface area (Å²) in [5, 5.41) is 0. The monoisotopic (exact) mass is 250 g/mol. The molecule has 18 heavy (non-hydrogen) atoms. The van der Waals surface area contributed by atoms with Crippen molar-refractivity contribution in [3.63, 3.8) is 0 Å². The second-order valence-corrected chi connectivity index (χ2v) is 4.83. The van der Waals surface area contributed by atoms with Gasteiger partial charge in [-0.15, -0.1) is 0 Å². The van der Waals surface area contributed by atoms with E-state index in [0.29, 0.717) is 12.5 Å². The maximum atomic E-state index is 6.18. The number of rotatable bonds is 4. The van der Waals surface area contributed by atoms with Crippen LogP contribution in [0.4, 0.5) is 0 Å². The molecule has 1 aliphatic rings. The minimum atomic E-state index is 0.192. The molecule has 4 nitrogen and oxygen atoms in total. The highest BCUT2D eigenvalue weighted by Gasteiger charge is 2.29. The normalized spacial score (nSPS) is 24.2. The Morgan fingerprint density at radius 2 is 2.11 bits per heavy atom. The quantitative estimate of drug-likeness (QED) is 0.878. The smallest absolute Gasteiger partial charge is 0.161 e. The molecule has 0 saturated carbocycles. The molecule has 4 heteroatoms. The molecule has 1 heterocycles. The van der Waals surface area contributed by atoms with Crippen LogP contribution in [-0.4, -0.2) is 44.8 Å². The van der Waals surface area contributed by atoms with E-state index < -0.39 is 0 Å². The molecule has 100 valence electrons. The highest BCUT2D eigenvalue weighted by Crippen LogP contribution is 2.33. The minimum Gasteiger partial charge on any atom is -0.493 e. The van der Waals surface area contributed by atoms with Crippen molar-refractivity contribution in [3.8, 4) is 11.5 Å². The van der Waals surface area contributed by atoms with E-state index in [0.717, 1.165) is 24.6 Å². The van der Waals surface area contributed by atoms with Crippen LogP contribution in [0.1, 0.15) is 18.4 Å². The summed E-state index contributed by atoms with van der Waals surface area (Å²) >= 11 is 0. The van der Waals surface area contributed by atoms with Crippen LogP contribution in [-0.2, 0) is 0 Å². The molecule has 1 aromatic carbocycles. The fourth-order valence-corrected chi connectivity index (χ4v) is 2.58. The molecule has 0 radical (unpaired) electrons. The minimum absolute atomic E-state index is 0.192. The standard InChI is InChI=1S/C14H22N2O2/c1-4-18-13-6-5-10(7-14(13)17-3)11-8-16(2)9-12(11)15/h5-7,11-12H,4,8-9,15H2,1-3H3. The molecule has 1 saturated heterocycles. The maximum Gasteiger partial charge on any atom is 0.161 e. The van der Waals surface area contributed by atoms with Crippen LogP contribution in [0, 0.1) is 0 Å². The Morgan fingerprint density at radius 3 is 2.67 bits per heavy atom. The number of benzene rings is 1. The van der Waals surface area contributed by atoms with Crippen LogP contribution < -0.4 is 15.2 Å². The van der Waals surface area contributed by atoms with Crippen molar-refractivity contribution >= 4 is 0 Å². The van der Waals surface area contributed by atoms with Gasteiger partial charge in [0.1, 0.15) is 0 Å². The zero-order chi connectivity index (χ0) is 13.1. The first-order chi connectivity index (χ1) is 8.65. The van der Waals surface area contributed by atoms with E-state index in [1.165, 1.54) is 5.56 Å². The highest BCUT2D eigenvalue weighted by atomic mass is 16.5. The Bertz CT molecular complexity index is 409. The number of nitrogens with zero attached hydrogens (tertiary/aromatic N) is 1. The highest BCUT2D eigenvalue weighted by molar-refractivity contribution is 5.44. The average Bonchev–Trinajstić information content (AvgIpc) is 2.69. The van der Waals surface area contributed by atoms with E-state index in [9.17, 15) is 0 Å². The van der Waals surface area contributed by atoms with E-state index in [1.54, 1.807) is 7.11 Å². The number of hydrogen-bond donors (Lipinski definition) is 1. The van der Waals surface area contributed by atoms with Crippen LogP contribution in [0.15, 0.2) is 18.2 Å². The summed E-state index contributed by atoms with van der Waals surface area (Å²) in [6, 6.07) is 6.31. The van der Waals surface area contributed by atoms with Crippen LogP contribution in [0.5, 0.6) is 11.5 Å². The summed E-state index contributed by atoms with van der Waals surface area (Å²) in [7, 11) is 3.77. The van der Waals surface area contributed by atoms with E-state index in [1.807, 2.05) is 13.0 Å². The molecule has 1 fully saturated rings. The number of methoxy groups -OCH3 is 1. The largest absolute Gasteiger partial charge is 0.493 e. The predicted octanol–water partition coefficient (Wildman–Crippen LogP) is 1.45. The van der Waals surface area contributed by atoms with Crippen LogP contribution in [0.25, 0.3) is 0 Å². The first-order valence-electron chi connectivity index (χ1n) is 6.40. The molecular formula is C14H22N2O2. The number of likely N-dealkylation sites (tertiary alicyclic amines) is 1. The summed E-state index contributed by atoms with van der Waals surface area (Å²) in [4.78, 5) is 2.26. The summed E-state index contributed by atoms with van der Waals surface area (Å²) in [5.74, 6) is 1.96. The first-order valence-corrected chi connectivity index (χ1v) is 6.40. The van der Waals surface area contributed by atoms with Gasteiger partial charge >= 0.3 is 0 Å². The number of ether oxygens (including phenoxy) is 2. The van der Waals surface area contributed by atoms with Crippen LogP contribution in [0.2, 0.25) is 0 Å². The SMILES string of the molecule is CCOc1ccc(C2CN(C)CC2N)cc1OC. The lowest BCUT2D eigenvalue weighted by Gasteiger charge is -2.17. The molecule has 0 amide bonds. The fraction of sp³-hybridized carbons (Fsp3) is 0.571. The molecule has 0 spiro atoms. The Balaban J connectivity index is 2.24. The zero-order valence-electron chi connectivity index (χ0n) is 11.3. The Labute approximate surface area is 109 Å². The molecule has 2 unspecified atom stereocenters. The average molecular weight is 250 g/mol. The lowest BCUT2D eigenvalue weighted by molar-refractivity contribution is 0.310. The number of nitrogens with two attached hydrogens (primary N) is 1. The third-order valence-corrected chi connectivity index (χ3v) is 3.46. The van der Waals surface area contributed by atoms with E-state index >= 15 is 0 Å². The third kappa shape index (κ3) is 2.60. The van der Waals surface area contributed by atoms with Crippen molar-refractivity contribution in [2.24, 2.45) is 5.73 Å². The second-order valence-electron chi connectivity index (χ2n) is 4.83. The van der Waals surface area contributed by atoms with Crippen LogP contribution in [0.3, 0.4) is 0 Å². The summed E-state index contributed by atoms with van der Waals surface area (Å²) in [6.45, 7) is 4.55. The van der Waals surface area contributed by atoms with Crippen molar-refractivity contribution in [3.05, 3.63) is 23.8 Å². The van der Waals surface area contributed by atoms with Gasteiger partial charge in [-0.3, -0.25) is 0 Å². The van der Waals surface area contributed by atoms with Gasteiger partial charge in [0, 0.05) is 25.0 Å². The summed E-state index contributed by atoms with van der Waals surface area (Å²) in [5.41, 5.74) is 7.40. The lowest BCUT2D eigenvalue weighted by atomic mass is 9.94. The van der Waals surface area contributed by atoms with Crippen LogP contribution >= 0.6 is 0 Å². The lowest BCUT2D eigenvalue weighted by Crippen LogP contribution is -2.27. The molecule has 2 atom stereocenters. The molecule has 0 aromatic heterocycles. The van der Waals surface area contributed by atoms with Gasteiger partial charge in [0.05, 0.1) is 13.7 Å². The van der Waals surface area contributed by atoms with Crippen molar-refractivity contribution in [1.29, 1.82) is 0 Å². The molecular weight excluding hydrogens is 228 g/mol. The maximum absolute atomic E-state index is 6.18. The van der Waals surface area contributed by atoms with Gasteiger partial charge in [-0.1, -0.05) is 6.07 Å². The summed E-state index contributed by atoms with van der Waals surface area (Å²) in [6.07, 6.45) is 0. The first kappa shape index (κ1) is 13.2. The number of likely N-dealkylation sites (N-methyl/N-ethyl adjacent to an activating group) is 1. The molecule has 0 bridgehead atoms. The predicted molar refractivity (Wildman–Crippen MR) is 72.4 cm³/mol. The van der Waals surface area contributed by atoms with Crippen molar-refractivity contribution in [2.75, 3.05) is 33.9 Å². The van der Waals surface area contributed by atoms with Gasteiger partial charge < -0.3 is 20.1 Å². The molecule has 2 N–H and O–H groups in total. The number of hydrogen-bond acceptors (Lipinski definition) is 4. The third-order valence-electron chi connectivity index (χ3n) is 3.46. The molecule has 2 rings (SSSR count). The zero-order valence-corrected chi connectivity index (χ0v) is 11.3. The second kappa shape index (κ2) is 5.59. The van der Waals surface area contributed by atoms with E-state index in [2.05, 4.69) is 24.1 Å². The van der Waals surface area contributed by atoms with E-state index in [-0.39, 0.29) is 6.04 Å².